The molecule has 0 unspecified atom stereocenters. The van der Waals surface area contributed by atoms with E-state index in [0.29, 0.717) is 6.54 Å². The van der Waals surface area contributed by atoms with Crippen molar-refractivity contribution in [2.24, 2.45) is 5.92 Å². The van der Waals surface area contributed by atoms with Gasteiger partial charge in [0.15, 0.2) is 0 Å². The maximum atomic E-state index is 13.1. The van der Waals surface area contributed by atoms with Gasteiger partial charge in [0.2, 0.25) is 0 Å². The van der Waals surface area contributed by atoms with Gasteiger partial charge in [0.1, 0.15) is 5.82 Å². The van der Waals surface area contributed by atoms with E-state index in [2.05, 4.69) is 5.32 Å². The molecular formula is C11H14FN. The lowest BCUT2D eigenvalue weighted by atomic mass is 10.2. The lowest BCUT2D eigenvalue weighted by molar-refractivity contribution is 0.578. The Labute approximate surface area is 78.0 Å². The molecule has 0 atom stereocenters. The van der Waals surface area contributed by atoms with E-state index in [1.165, 1.54) is 18.9 Å². The van der Waals surface area contributed by atoms with Gasteiger partial charge >= 0.3 is 0 Å². The first-order chi connectivity index (χ1) is 6.36. The van der Waals surface area contributed by atoms with E-state index >= 15 is 0 Å². The molecule has 2 rings (SSSR count). The molecule has 2 heteroatoms. The van der Waals surface area contributed by atoms with E-state index in [0.717, 1.165) is 18.0 Å². The zero-order chi connectivity index (χ0) is 9.10. The minimum absolute atomic E-state index is 0.106. The second kappa shape index (κ2) is 3.88. The zero-order valence-corrected chi connectivity index (χ0v) is 7.59. The number of benzene rings is 1. The number of nitrogens with one attached hydrogen (secondary N) is 1. The molecule has 1 nitrogen and oxygen atoms in total. The topological polar surface area (TPSA) is 12.0 Å². The van der Waals surface area contributed by atoms with Crippen molar-refractivity contribution >= 4 is 0 Å². The first-order valence-electron chi connectivity index (χ1n) is 4.80. The van der Waals surface area contributed by atoms with Gasteiger partial charge in [0.05, 0.1) is 0 Å². The second-order valence-corrected chi connectivity index (χ2v) is 3.67. The zero-order valence-electron chi connectivity index (χ0n) is 7.59. The highest BCUT2D eigenvalue weighted by Gasteiger charge is 2.20. The van der Waals surface area contributed by atoms with E-state index in [1.54, 1.807) is 6.07 Å². The fourth-order valence-corrected chi connectivity index (χ4v) is 1.37. The molecule has 1 fully saturated rings. The SMILES string of the molecule is Fc1ccccc1CNCC1CC1. The maximum absolute atomic E-state index is 13.1. The van der Waals surface area contributed by atoms with Crippen molar-refractivity contribution in [2.75, 3.05) is 6.54 Å². The molecule has 0 bridgehead atoms. The molecule has 0 aromatic heterocycles. The van der Waals surface area contributed by atoms with Crippen LogP contribution in [0.4, 0.5) is 4.39 Å². The van der Waals surface area contributed by atoms with Crippen LogP contribution in [-0.4, -0.2) is 6.54 Å². The Kier molecular flexibility index (Phi) is 2.60. The largest absolute Gasteiger partial charge is 0.312 e. The number of hydrogen-bond acceptors (Lipinski definition) is 1. The van der Waals surface area contributed by atoms with Gasteiger partial charge in [-0.1, -0.05) is 18.2 Å². The van der Waals surface area contributed by atoms with Crippen LogP contribution in [0.1, 0.15) is 18.4 Å². The third-order valence-electron chi connectivity index (χ3n) is 2.40. The molecule has 1 aliphatic carbocycles. The van der Waals surface area contributed by atoms with E-state index in [1.807, 2.05) is 12.1 Å². The monoisotopic (exact) mass is 179 g/mol. The molecule has 0 saturated heterocycles. The van der Waals surface area contributed by atoms with E-state index in [9.17, 15) is 4.39 Å². The summed E-state index contributed by atoms with van der Waals surface area (Å²) in [6.07, 6.45) is 2.68. The summed E-state index contributed by atoms with van der Waals surface area (Å²) in [4.78, 5) is 0. The van der Waals surface area contributed by atoms with Crippen LogP contribution in [0.2, 0.25) is 0 Å². The third kappa shape index (κ3) is 2.52. The Balaban J connectivity index is 1.82. The highest BCUT2D eigenvalue weighted by atomic mass is 19.1. The molecule has 1 aliphatic rings. The summed E-state index contributed by atoms with van der Waals surface area (Å²) in [5.74, 6) is 0.748. The van der Waals surface area contributed by atoms with Crippen molar-refractivity contribution in [3.63, 3.8) is 0 Å². The van der Waals surface area contributed by atoms with Gasteiger partial charge in [-0.15, -0.1) is 0 Å². The normalized spacial score (nSPS) is 16.1. The maximum Gasteiger partial charge on any atom is 0.127 e. The average Bonchev–Trinajstić information content (AvgIpc) is 2.92. The van der Waals surface area contributed by atoms with Gasteiger partial charge in [-0.05, 0) is 31.4 Å². The van der Waals surface area contributed by atoms with Gasteiger partial charge in [0, 0.05) is 12.1 Å². The van der Waals surface area contributed by atoms with Crippen LogP contribution < -0.4 is 5.32 Å². The summed E-state index contributed by atoms with van der Waals surface area (Å²) in [7, 11) is 0. The summed E-state index contributed by atoms with van der Waals surface area (Å²) in [6.45, 7) is 1.69. The van der Waals surface area contributed by atoms with E-state index in [-0.39, 0.29) is 5.82 Å². The Morgan fingerprint density at radius 1 is 1.31 bits per heavy atom. The molecule has 0 heterocycles. The van der Waals surface area contributed by atoms with Crippen LogP contribution in [-0.2, 0) is 6.54 Å². The molecule has 1 aromatic carbocycles. The molecule has 1 saturated carbocycles. The summed E-state index contributed by atoms with van der Waals surface area (Å²) in [6, 6.07) is 6.93. The van der Waals surface area contributed by atoms with Crippen LogP contribution in [0.3, 0.4) is 0 Å². The van der Waals surface area contributed by atoms with Crippen molar-refractivity contribution in [2.45, 2.75) is 19.4 Å². The highest BCUT2D eigenvalue weighted by Crippen LogP contribution is 2.27. The van der Waals surface area contributed by atoms with Crippen LogP contribution in [0.25, 0.3) is 0 Å². The molecule has 70 valence electrons. The lowest BCUT2D eigenvalue weighted by Crippen LogP contribution is -2.16. The van der Waals surface area contributed by atoms with E-state index < -0.39 is 0 Å². The minimum Gasteiger partial charge on any atom is -0.312 e. The second-order valence-electron chi connectivity index (χ2n) is 3.67. The van der Waals surface area contributed by atoms with Crippen molar-refractivity contribution in [3.05, 3.63) is 35.6 Å². The van der Waals surface area contributed by atoms with Gasteiger partial charge in [-0.2, -0.15) is 0 Å². The van der Waals surface area contributed by atoms with Crippen LogP contribution in [0.15, 0.2) is 24.3 Å². The lowest BCUT2D eigenvalue weighted by Gasteiger charge is -2.04. The Morgan fingerprint density at radius 3 is 2.77 bits per heavy atom. The average molecular weight is 179 g/mol. The number of rotatable bonds is 4. The molecule has 1 N–H and O–H groups in total. The minimum atomic E-state index is -0.106. The fourth-order valence-electron chi connectivity index (χ4n) is 1.37. The summed E-state index contributed by atoms with van der Waals surface area (Å²) in [5, 5.41) is 3.26. The van der Waals surface area contributed by atoms with Gasteiger partial charge in [0.25, 0.3) is 0 Å². The molecular weight excluding hydrogens is 165 g/mol. The van der Waals surface area contributed by atoms with Crippen molar-refractivity contribution in [1.29, 1.82) is 0 Å². The number of hydrogen-bond donors (Lipinski definition) is 1. The van der Waals surface area contributed by atoms with Crippen molar-refractivity contribution in [1.82, 2.24) is 5.32 Å². The molecule has 0 spiro atoms. The summed E-state index contributed by atoms with van der Waals surface area (Å²) >= 11 is 0. The molecule has 0 amide bonds. The first kappa shape index (κ1) is 8.70. The molecule has 0 aliphatic heterocycles. The highest BCUT2D eigenvalue weighted by molar-refractivity contribution is 5.16. The van der Waals surface area contributed by atoms with Crippen LogP contribution in [0.5, 0.6) is 0 Å². The Morgan fingerprint density at radius 2 is 2.08 bits per heavy atom. The summed E-state index contributed by atoms with van der Waals surface area (Å²) < 4.78 is 13.1. The van der Waals surface area contributed by atoms with Crippen LogP contribution in [0, 0.1) is 11.7 Å². The van der Waals surface area contributed by atoms with Crippen molar-refractivity contribution < 1.29 is 4.39 Å². The Hall–Kier alpha value is -0.890. The van der Waals surface area contributed by atoms with Gasteiger partial charge < -0.3 is 5.32 Å². The van der Waals surface area contributed by atoms with Crippen molar-refractivity contribution in [3.8, 4) is 0 Å². The Bertz CT molecular complexity index is 281. The van der Waals surface area contributed by atoms with E-state index in [4.69, 9.17) is 0 Å². The number of halogens is 1. The van der Waals surface area contributed by atoms with Gasteiger partial charge in [-0.25, -0.2) is 4.39 Å². The molecule has 1 aromatic rings. The smallest absolute Gasteiger partial charge is 0.127 e. The predicted octanol–water partition coefficient (Wildman–Crippen LogP) is 2.33. The predicted molar refractivity (Wildman–Crippen MR) is 50.8 cm³/mol. The summed E-state index contributed by atoms with van der Waals surface area (Å²) in [5.41, 5.74) is 0.767. The molecule has 13 heavy (non-hydrogen) atoms. The van der Waals surface area contributed by atoms with Gasteiger partial charge in [-0.3, -0.25) is 0 Å². The standard InChI is InChI=1S/C11H14FN/c12-11-4-2-1-3-10(11)8-13-7-9-5-6-9/h1-4,9,13H,5-8H2. The fraction of sp³-hybridized carbons (Fsp3) is 0.455. The first-order valence-corrected chi connectivity index (χ1v) is 4.80. The quantitative estimate of drug-likeness (QED) is 0.748. The molecule has 0 radical (unpaired) electrons. The van der Waals surface area contributed by atoms with Crippen LogP contribution >= 0.6 is 0 Å². The third-order valence-corrected chi connectivity index (χ3v) is 2.40.